The molecular formula is C16H22N2O2. The minimum atomic E-state index is -0.394. The lowest BCUT2D eigenvalue weighted by Gasteiger charge is -2.18. The summed E-state index contributed by atoms with van der Waals surface area (Å²) < 4.78 is 0. The average Bonchev–Trinajstić information content (AvgIpc) is 2.76. The van der Waals surface area contributed by atoms with Crippen LogP contribution in [0.1, 0.15) is 35.7 Å². The highest BCUT2D eigenvalue weighted by molar-refractivity contribution is 6.42. The molecule has 0 radical (unpaired) electrons. The first-order chi connectivity index (χ1) is 9.72. The second-order valence-corrected chi connectivity index (χ2v) is 5.17. The van der Waals surface area contributed by atoms with Gasteiger partial charge in [0.2, 0.25) is 5.78 Å². The van der Waals surface area contributed by atoms with Crippen LogP contribution in [0.25, 0.3) is 0 Å². The zero-order valence-corrected chi connectivity index (χ0v) is 12.0. The Morgan fingerprint density at radius 1 is 1.15 bits per heavy atom. The van der Waals surface area contributed by atoms with Gasteiger partial charge in [0.05, 0.1) is 0 Å². The van der Waals surface area contributed by atoms with E-state index in [2.05, 4.69) is 12.2 Å². The van der Waals surface area contributed by atoms with Crippen molar-refractivity contribution in [3.05, 3.63) is 35.4 Å². The van der Waals surface area contributed by atoms with E-state index in [4.69, 9.17) is 0 Å². The Kier molecular flexibility index (Phi) is 5.30. The van der Waals surface area contributed by atoms with Gasteiger partial charge < -0.3 is 10.2 Å². The molecule has 0 aliphatic carbocycles. The van der Waals surface area contributed by atoms with Crippen LogP contribution in [0.15, 0.2) is 24.3 Å². The van der Waals surface area contributed by atoms with Gasteiger partial charge in [0.1, 0.15) is 0 Å². The van der Waals surface area contributed by atoms with Crippen LogP contribution in [-0.2, 0) is 11.2 Å². The van der Waals surface area contributed by atoms with E-state index >= 15 is 0 Å². The Labute approximate surface area is 120 Å². The predicted molar refractivity (Wildman–Crippen MR) is 78.8 cm³/mol. The van der Waals surface area contributed by atoms with Gasteiger partial charge in [0.25, 0.3) is 5.91 Å². The number of hydrogen-bond donors (Lipinski definition) is 1. The van der Waals surface area contributed by atoms with E-state index in [0.717, 1.165) is 32.4 Å². The summed E-state index contributed by atoms with van der Waals surface area (Å²) >= 11 is 0. The Bertz CT molecular complexity index is 460. The fourth-order valence-corrected chi connectivity index (χ4v) is 2.43. The van der Waals surface area contributed by atoms with Crippen molar-refractivity contribution in [1.82, 2.24) is 10.2 Å². The van der Waals surface area contributed by atoms with Crippen molar-refractivity contribution >= 4 is 11.7 Å². The number of benzene rings is 1. The minimum Gasteiger partial charge on any atom is -0.334 e. The Balaban J connectivity index is 2.03. The van der Waals surface area contributed by atoms with Crippen LogP contribution in [0.2, 0.25) is 0 Å². The van der Waals surface area contributed by atoms with Crippen LogP contribution in [0.4, 0.5) is 0 Å². The molecular weight excluding hydrogens is 252 g/mol. The van der Waals surface area contributed by atoms with Gasteiger partial charge in [-0.25, -0.2) is 0 Å². The number of carbonyl (C=O) groups excluding carboxylic acids is 2. The molecule has 1 aliphatic heterocycles. The molecule has 0 bridgehead atoms. The Morgan fingerprint density at radius 2 is 1.90 bits per heavy atom. The molecule has 1 aromatic carbocycles. The second-order valence-electron chi connectivity index (χ2n) is 5.17. The van der Waals surface area contributed by atoms with Crippen LogP contribution < -0.4 is 5.32 Å². The summed E-state index contributed by atoms with van der Waals surface area (Å²) in [7, 11) is 0. The number of Topliss-reactive ketones (excluding diaryl/α,β-unsaturated/α-hetero) is 1. The molecule has 0 aromatic heterocycles. The fraction of sp³-hybridized carbons (Fsp3) is 0.500. The van der Waals surface area contributed by atoms with Gasteiger partial charge >= 0.3 is 0 Å². The van der Waals surface area contributed by atoms with Crippen LogP contribution in [0.3, 0.4) is 0 Å². The third kappa shape index (κ3) is 3.67. The molecule has 1 N–H and O–H groups in total. The molecule has 1 amide bonds. The number of nitrogens with zero attached hydrogens (tertiary/aromatic N) is 1. The zero-order valence-electron chi connectivity index (χ0n) is 12.0. The lowest BCUT2D eigenvalue weighted by molar-refractivity contribution is -0.126. The molecule has 4 heteroatoms. The second kappa shape index (κ2) is 7.20. The number of rotatable bonds is 4. The molecule has 1 fully saturated rings. The van der Waals surface area contributed by atoms with Crippen molar-refractivity contribution in [1.29, 1.82) is 0 Å². The maximum absolute atomic E-state index is 12.2. The highest BCUT2D eigenvalue weighted by Crippen LogP contribution is 2.09. The van der Waals surface area contributed by atoms with Crippen molar-refractivity contribution in [3.63, 3.8) is 0 Å². The van der Waals surface area contributed by atoms with Crippen LogP contribution in [0, 0.1) is 0 Å². The highest BCUT2D eigenvalue weighted by Gasteiger charge is 2.23. The predicted octanol–water partition coefficient (Wildman–Crippen LogP) is 1.64. The van der Waals surface area contributed by atoms with Crippen LogP contribution >= 0.6 is 0 Å². The standard InChI is InChI=1S/C16H22N2O2/c1-2-4-13-5-7-14(8-6-13)15(19)16(20)18-11-3-9-17-10-12-18/h5-8,17H,2-4,9-12H2,1H3. The minimum absolute atomic E-state index is 0.378. The van der Waals surface area contributed by atoms with Crippen molar-refractivity contribution < 1.29 is 9.59 Å². The highest BCUT2D eigenvalue weighted by atomic mass is 16.2. The summed E-state index contributed by atoms with van der Waals surface area (Å²) in [6.45, 7) is 5.05. The summed E-state index contributed by atoms with van der Waals surface area (Å²) in [5, 5.41) is 3.23. The summed E-state index contributed by atoms with van der Waals surface area (Å²) in [5.74, 6) is -0.771. The first-order valence-corrected chi connectivity index (χ1v) is 7.35. The molecule has 1 saturated heterocycles. The van der Waals surface area contributed by atoms with Crippen molar-refractivity contribution in [2.45, 2.75) is 26.2 Å². The van der Waals surface area contributed by atoms with Crippen LogP contribution in [-0.4, -0.2) is 42.8 Å². The van der Waals surface area contributed by atoms with E-state index in [-0.39, 0.29) is 5.91 Å². The molecule has 1 aromatic rings. The Morgan fingerprint density at radius 3 is 2.60 bits per heavy atom. The molecule has 108 valence electrons. The topological polar surface area (TPSA) is 49.4 Å². The van der Waals surface area contributed by atoms with Gasteiger partial charge in [0.15, 0.2) is 0 Å². The number of ketones is 1. The van der Waals surface area contributed by atoms with E-state index in [1.54, 1.807) is 17.0 Å². The van der Waals surface area contributed by atoms with E-state index in [9.17, 15) is 9.59 Å². The van der Waals surface area contributed by atoms with Crippen molar-refractivity contribution in [3.8, 4) is 0 Å². The molecule has 1 heterocycles. The Hall–Kier alpha value is -1.68. The third-order valence-electron chi connectivity index (χ3n) is 3.58. The average molecular weight is 274 g/mol. The number of carbonyl (C=O) groups is 2. The summed E-state index contributed by atoms with van der Waals surface area (Å²) in [5.41, 5.74) is 1.70. The largest absolute Gasteiger partial charge is 0.334 e. The molecule has 4 nitrogen and oxygen atoms in total. The van der Waals surface area contributed by atoms with Gasteiger partial charge in [0, 0.05) is 25.2 Å². The third-order valence-corrected chi connectivity index (χ3v) is 3.58. The van der Waals surface area contributed by atoms with E-state index < -0.39 is 5.78 Å². The quantitative estimate of drug-likeness (QED) is 0.671. The first-order valence-electron chi connectivity index (χ1n) is 7.35. The molecule has 0 atom stereocenters. The molecule has 0 spiro atoms. The molecule has 2 rings (SSSR count). The lowest BCUT2D eigenvalue weighted by Crippen LogP contribution is -2.38. The van der Waals surface area contributed by atoms with Crippen molar-refractivity contribution in [2.75, 3.05) is 26.2 Å². The maximum Gasteiger partial charge on any atom is 0.295 e. The number of hydrogen-bond acceptors (Lipinski definition) is 3. The van der Waals surface area contributed by atoms with Gasteiger partial charge in [-0.15, -0.1) is 0 Å². The monoisotopic (exact) mass is 274 g/mol. The number of aryl methyl sites for hydroxylation is 1. The lowest BCUT2D eigenvalue weighted by atomic mass is 10.0. The normalized spacial score (nSPS) is 15.8. The van der Waals surface area contributed by atoms with Crippen LogP contribution in [0.5, 0.6) is 0 Å². The maximum atomic E-state index is 12.2. The van der Waals surface area contributed by atoms with Crippen molar-refractivity contribution in [2.24, 2.45) is 0 Å². The van der Waals surface area contributed by atoms with Gasteiger partial charge in [-0.2, -0.15) is 0 Å². The van der Waals surface area contributed by atoms with Gasteiger partial charge in [-0.3, -0.25) is 9.59 Å². The summed E-state index contributed by atoms with van der Waals surface area (Å²) in [4.78, 5) is 26.1. The molecule has 0 saturated carbocycles. The van der Waals surface area contributed by atoms with Gasteiger partial charge in [-0.1, -0.05) is 37.6 Å². The molecule has 0 unspecified atom stereocenters. The zero-order chi connectivity index (χ0) is 14.4. The SMILES string of the molecule is CCCc1ccc(C(=O)C(=O)N2CCCNCC2)cc1. The molecule has 1 aliphatic rings. The van der Waals surface area contributed by atoms with E-state index in [1.165, 1.54) is 5.56 Å². The van der Waals surface area contributed by atoms with E-state index in [0.29, 0.717) is 18.7 Å². The summed E-state index contributed by atoms with van der Waals surface area (Å²) in [6, 6.07) is 7.41. The summed E-state index contributed by atoms with van der Waals surface area (Å²) in [6.07, 6.45) is 2.97. The number of amides is 1. The fourth-order valence-electron chi connectivity index (χ4n) is 2.43. The molecule has 20 heavy (non-hydrogen) atoms. The number of nitrogens with one attached hydrogen (secondary N) is 1. The smallest absolute Gasteiger partial charge is 0.295 e. The van der Waals surface area contributed by atoms with Gasteiger partial charge in [-0.05, 0) is 24.9 Å². The first kappa shape index (κ1) is 14.7. The van der Waals surface area contributed by atoms with E-state index in [1.807, 2.05) is 12.1 Å².